The van der Waals surface area contributed by atoms with E-state index in [9.17, 15) is 24.5 Å². The van der Waals surface area contributed by atoms with Crippen molar-refractivity contribution in [2.45, 2.75) is 13.8 Å². The standard InChI is InChI=1S/C16H21N3O7/c1-4-17-14(20)9-18(5-2)15(21)10-26-16(22)11-6-7-13(25-3)12(8-11)19(23)24/h6-8H,4-5,9-10H2,1-3H3,(H,17,20). The van der Waals surface area contributed by atoms with E-state index in [2.05, 4.69) is 5.32 Å². The fourth-order valence-electron chi connectivity index (χ4n) is 2.06. The normalized spacial score (nSPS) is 9.96. The lowest BCUT2D eigenvalue weighted by molar-refractivity contribution is -0.385. The molecule has 0 heterocycles. The summed E-state index contributed by atoms with van der Waals surface area (Å²) in [5.74, 6) is -1.75. The molecule has 1 aromatic carbocycles. The zero-order valence-electron chi connectivity index (χ0n) is 14.8. The summed E-state index contributed by atoms with van der Waals surface area (Å²) in [6.45, 7) is 3.43. The number of likely N-dealkylation sites (N-methyl/N-ethyl adjacent to an activating group) is 2. The van der Waals surface area contributed by atoms with Crippen molar-refractivity contribution in [2.75, 3.05) is 33.4 Å². The molecular formula is C16H21N3O7. The zero-order valence-corrected chi connectivity index (χ0v) is 14.8. The van der Waals surface area contributed by atoms with Crippen LogP contribution in [0.3, 0.4) is 0 Å². The molecule has 26 heavy (non-hydrogen) atoms. The maximum absolute atomic E-state index is 12.1. The highest BCUT2D eigenvalue weighted by molar-refractivity contribution is 5.93. The quantitative estimate of drug-likeness (QED) is 0.387. The molecule has 2 amide bonds. The molecule has 142 valence electrons. The lowest BCUT2D eigenvalue weighted by Crippen LogP contribution is -2.42. The molecule has 1 aromatic rings. The Morgan fingerprint density at radius 3 is 2.50 bits per heavy atom. The van der Waals surface area contributed by atoms with Crippen molar-refractivity contribution in [1.29, 1.82) is 0 Å². The predicted octanol–water partition coefficient (Wildman–Crippen LogP) is 0.745. The number of hydrogen-bond donors (Lipinski definition) is 1. The highest BCUT2D eigenvalue weighted by atomic mass is 16.6. The van der Waals surface area contributed by atoms with Crippen molar-refractivity contribution in [3.63, 3.8) is 0 Å². The number of ether oxygens (including phenoxy) is 2. The summed E-state index contributed by atoms with van der Waals surface area (Å²) in [5, 5.41) is 13.5. The lowest BCUT2D eigenvalue weighted by atomic mass is 10.2. The van der Waals surface area contributed by atoms with E-state index in [1.807, 2.05) is 0 Å². The third kappa shape index (κ3) is 5.72. The number of rotatable bonds is 9. The molecule has 0 saturated heterocycles. The van der Waals surface area contributed by atoms with Crippen molar-refractivity contribution in [3.8, 4) is 5.75 Å². The Morgan fingerprint density at radius 1 is 1.27 bits per heavy atom. The molecule has 1 rings (SSSR count). The van der Waals surface area contributed by atoms with Gasteiger partial charge in [-0.1, -0.05) is 0 Å². The molecule has 0 aliphatic heterocycles. The Bertz CT molecular complexity index is 690. The van der Waals surface area contributed by atoms with Crippen molar-refractivity contribution >= 4 is 23.5 Å². The van der Waals surface area contributed by atoms with Crippen molar-refractivity contribution in [1.82, 2.24) is 10.2 Å². The predicted molar refractivity (Wildman–Crippen MR) is 90.9 cm³/mol. The molecule has 0 unspecified atom stereocenters. The topological polar surface area (TPSA) is 128 Å². The first-order chi connectivity index (χ1) is 12.3. The molecule has 0 saturated carbocycles. The van der Waals surface area contributed by atoms with Crippen LogP contribution in [0.15, 0.2) is 18.2 Å². The van der Waals surface area contributed by atoms with Crippen LogP contribution < -0.4 is 10.1 Å². The van der Waals surface area contributed by atoms with Crippen LogP contribution >= 0.6 is 0 Å². The molecule has 1 N–H and O–H groups in total. The van der Waals surface area contributed by atoms with Crippen LogP contribution in [0.1, 0.15) is 24.2 Å². The van der Waals surface area contributed by atoms with Gasteiger partial charge in [0.05, 0.1) is 24.1 Å². The number of carbonyl (C=O) groups excluding carboxylic acids is 3. The average molecular weight is 367 g/mol. The van der Waals surface area contributed by atoms with Crippen LogP contribution in [0.5, 0.6) is 5.75 Å². The number of nitrogens with zero attached hydrogens (tertiary/aromatic N) is 2. The van der Waals surface area contributed by atoms with Crippen LogP contribution in [0.4, 0.5) is 5.69 Å². The SMILES string of the molecule is CCNC(=O)CN(CC)C(=O)COC(=O)c1ccc(OC)c([N+](=O)[O-])c1. The Hall–Kier alpha value is -3.17. The number of methoxy groups -OCH3 is 1. The van der Waals surface area contributed by atoms with Crippen LogP contribution in [0.25, 0.3) is 0 Å². The summed E-state index contributed by atoms with van der Waals surface area (Å²) in [5.41, 5.74) is -0.475. The molecular weight excluding hydrogens is 346 g/mol. The van der Waals surface area contributed by atoms with Gasteiger partial charge in [-0.3, -0.25) is 19.7 Å². The highest BCUT2D eigenvalue weighted by Gasteiger charge is 2.21. The number of carbonyl (C=O) groups is 3. The van der Waals surface area contributed by atoms with Gasteiger partial charge in [-0.25, -0.2) is 4.79 Å². The van der Waals surface area contributed by atoms with Gasteiger partial charge in [-0.05, 0) is 26.0 Å². The number of esters is 1. The number of hydrogen-bond acceptors (Lipinski definition) is 7. The fraction of sp³-hybridized carbons (Fsp3) is 0.438. The maximum Gasteiger partial charge on any atom is 0.338 e. The van der Waals surface area contributed by atoms with E-state index in [1.54, 1.807) is 13.8 Å². The van der Waals surface area contributed by atoms with Gasteiger partial charge in [-0.2, -0.15) is 0 Å². The molecule has 0 bridgehead atoms. The minimum Gasteiger partial charge on any atom is -0.490 e. The van der Waals surface area contributed by atoms with Crippen molar-refractivity contribution < 1.29 is 28.8 Å². The number of nitro groups is 1. The minimum absolute atomic E-state index is 0.00159. The van der Waals surface area contributed by atoms with Crippen LogP contribution in [-0.4, -0.2) is 61.0 Å². The first kappa shape index (κ1) is 20.9. The largest absolute Gasteiger partial charge is 0.490 e. The summed E-state index contributed by atoms with van der Waals surface area (Å²) in [6.07, 6.45) is 0. The Morgan fingerprint density at radius 2 is 1.96 bits per heavy atom. The molecule has 0 aliphatic rings. The van der Waals surface area contributed by atoms with E-state index in [-0.39, 0.29) is 36.0 Å². The van der Waals surface area contributed by atoms with E-state index in [0.717, 1.165) is 6.07 Å². The third-order valence-electron chi connectivity index (χ3n) is 3.38. The molecule has 0 fully saturated rings. The van der Waals surface area contributed by atoms with Gasteiger partial charge in [0.25, 0.3) is 5.91 Å². The Balaban J connectivity index is 2.73. The zero-order chi connectivity index (χ0) is 19.7. The van der Waals surface area contributed by atoms with Gasteiger partial charge in [0.15, 0.2) is 12.4 Å². The summed E-state index contributed by atoms with van der Waals surface area (Å²) < 4.78 is 9.75. The highest BCUT2D eigenvalue weighted by Crippen LogP contribution is 2.27. The van der Waals surface area contributed by atoms with E-state index in [0.29, 0.717) is 6.54 Å². The average Bonchev–Trinajstić information content (AvgIpc) is 2.63. The molecule has 0 spiro atoms. The molecule has 0 aromatic heterocycles. The van der Waals surface area contributed by atoms with Gasteiger partial charge in [-0.15, -0.1) is 0 Å². The molecule has 0 aliphatic carbocycles. The summed E-state index contributed by atoms with van der Waals surface area (Å²) in [7, 11) is 1.27. The second-order valence-corrected chi connectivity index (χ2v) is 5.08. The number of nitro benzene ring substituents is 1. The molecule has 0 radical (unpaired) electrons. The fourth-order valence-corrected chi connectivity index (χ4v) is 2.06. The summed E-state index contributed by atoms with van der Waals surface area (Å²) in [4.78, 5) is 47.2. The van der Waals surface area contributed by atoms with E-state index < -0.39 is 23.4 Å². The van der Waals surface area contributed by atoms with Crippen LogP contribution in [-0.2, 0) is 14.3 Å². The second kappa shape index (κ2) is 9.97. The van der Waals surface area contributed by atoms with Gasteiger partial charge in [0, 0.05) is 19.2 Å². The van der Waals surface area contributed by atoms with Crippen molar-refractivity contribution in [2.24, 2.45) is 0 Å². The Kier molecular flexibility index (Phi) is 8.00. The first-order valence-electron chi connectivity index (χ1n) is 7.88. The number of amides is 2. The first-order valence-corrected chi connectivity index (χ1v) is 7.88. The van der Waals surface area contributed by atoms with Gasteiger partial charge >= 0.3 is 11.7 Å². The Labute approximate surface area is 150 Å². The summed E-state index contributed by atoms with van der Waals surface area (Å²) >= 11 is 0. The van der Waals surface area contributed by atoms with E-state index in [4.69, 9.17) is 9.47 Å². The molecule has 10 heteroatoms. The maximum atomic E-state index is 12.1. The second-order valence-electron chi connectivity index (χ2n) is 5.08. The van der Waals surface area contributed by atoms with Gasteiger partial charge < -0.3 is 19.7 Å². The third-order valence-corrected chi connectivity index (χ3v) is 3.38. The van der Waals surface area contributed by atoms with Gasteiger partial charge in [0.1, 0.15) is 0 Å². The van der Waals surface area contributed by atoms with Crippen LogP contribution in [0, 0.1) is 10.1 Å². The van der Waals surface area contributed by atoms with E-state index in [1.165, 1.54) is 24.1 Å². The number of benzene rings is 1. The molecule has 10 nitrogen and oxygen atoms in total. The monoisotopic (exact) mass is 367 g/mol. The van der Waals surface area contributed by atoms with Crippen LogP contribution in [0.2, 0.25) is 0 Å². The number of nitrogens with one attached hydrogen (secondary N) is 1. The lowest BCUT2D eigenvalue weighted by Gasteiger charge is -2.20. The molecule has 0 atom stereocenters. The van der Waals surface area contributed by atoms with E-state index >= 15 is 0 Å². The smallest absolute Gasteiger partial charge is 0.338 e. The summed E-state index contributed by atoms with van der Waals surface area (Å²) in [6, 6.07) is 3.58. The van der Waals surface area contributed by atoms with Gasteiger partial charge in [0.2, 0.25) is 5.91 Å². The minimum atomic E-state index is -0.891. The van der Waals surface area contributed by atoms with Crippen molar-refractivity contribution in [3.05, 3.63) is 33.9 Å².